The highest BCUT2D eigenvalue weighted by Crippen LogP contribution is 2.38. The summed E-state index contributed by atoms with van der Waals surface area (Å²) in [6, 6.07) is 15.8. The number of hydrogen-bond acceptors (Lipinski definition) is 2. The van der Waals surface area contributed by atoms with E-state index in [1.807, 2.05) is 24.3 Å². The van der Waals surface area contributed by atoms with Gasteiger partial charge in [-0.05, 0) is 72.4 Å². The normalized spacial score (nSPS) is 18.3. The Morgan fingerprint density at radius 3 is 2.15 bits per heavy atom. The van der Waals surface area contributed by atoms with Gasteiger partial charge in [0.25, 0.3) is 0 Å². The number of hydrogen-bond donors (Lipinski definition) is 0. The van der Waals surface area contributed by atoms with Crippen molar-refractivity contribution in [2.45, 2.75) is 57.7 Å². The summed E-state index contributed by atoms with van der Waals surface area (Å²) in [5.74, 6) is -1.77. The van der Waals surface area contributed by atoms with Gasteiger partial charge in [-0.1, -0.05) is 49.4 Å². The molecule has 0 aliphatic heterocycles. The van der Waals surface area contributed by atoms with Crippen LogP contribution in [0.15, 0.2) is 54.6 Å². The number of rotatable bonds is 7. The molecule has 0 unspecified atom stereocenters. The smallest absolute Gasteiger partial charge is 0.166 e. The van der Waals surface area contributed by atoms with E-state index in [9.17, 15) is 13.2 Å². The monoisotopic (exact) mass is 454 g/mol. The zero-order valence-electron chi connectivity index (χ0n) is 19.0. The van der Waals surface area contributed by atoms with Crippen molar-refractivity contribution in [1.82, 2.24) is 0 Å². The van der Waals surface area contributed by atoms with Gasteiger partial charge in [-0.25, -0.2) is 13.2 Å². The van der Waals surface area contributed by atoms with E-state index in [0.717, 1.165) is 43.2 Å². The van der Waals surface area contributed by atoms with Crippen LogP contribution in [0.1, 0.15) is 55.2 Å². The Labute approximate surface area is 193 Å². The molecule has 0 atom stereocenters. The molecule has 174 valence electrons. The Morgan fingerprint density at radius 2 is 1.52 bits per heavy atom. The Hall–Kier alpha value is -2.79. The third kappa shape index (κ3) is 5.25. The molecule has 0 N–H and O–H groups in total. The van der Waals surface area contributed by atoms with E-state index in [0.29, 0.717) is 23.3 Å². The summed E-state index contributed by atoms with van der Waals surface area (Å²) < 4.78 is 54.7. The van der Waals surface area contributed by atoms with E-state index in [1.165, 1.54) is 13.2 Å². The van der Waals surface area contributed by atoms with E-state index in [4.69, 9.17) is 9.47 Å². The first-order valence-electron chi connectivity index (χ1n) is 11.5. The molecular formula is C28H29F3O2. The highest BCUT2D eigenvalue weighted by atomic mass is 19.2. The van der Waals surface area contributed by atoms with Crippen LogP contribution in [0.5, 0.6) is 5.75 Å². The first kappa shape index (κ1) is 23.4. The maximum absolute atomic E-state index is 15.0. The van der Waals surface area contributed by atoms with Gasteiger partial charge in [0.1, 0.15) is 0 Å². The molecular weight excluding hydrogens is 425 g/mol. The molecule has 1 aliphatic rings. The minimum Gasteiger partial charge on any atom is -0.494 e. The van der Waals surface area contributed by atoms with Gasteiger partial charge < -0.3 is 9.47 Å². The van der Waals surface area contributed by atoms with Crippen LogP contribution >= 0.6 is 0 Å². The van der Waals surface area contributed by atoms with Crippen molar-refractivity contribution in [1.29, 1.82) is 0 Å². The fraction of sp³-hybridized carbons (Fsp3) is 0.357. The first-order chi connectivity index (χ1) is 16.0. The van der Waals surface area contributed by atoms with Gasteiger partial charge in [-0.3, -0.25) is 0 Å². The molecule has 2 nitrogen and oxygen atoms in total. The van der Waals surface area contributed by atoms with Gasteiger partial charge in [-0.15, -0.1) is 0 Å². The third-order valence-electron chi connectivity index (χ3n) is 6.60. The Bertz CT molecular complexity index is 1090. The largest absolute Gasteiger partial charge is 0.494 e. The van der Waals surface area contributed by atoms with Gasteiger partial charge >= 0.3 is 0 Å². The van der Waals surface area contributed by atoms with E-state index in [-0.39, 0.29) is 17.8 Å². The second kappa shape index (κ2) is 10.4. The molecule has 4 rings (SSSR count). The highest BCUT2D eigenvalue weighted by molar-refractivity contribution is 5.65. The second-order valence-electron chi connectivity index (χ2n) is 8.63. The summed E-state index contributed by atoms with van der Waals surface area (Å²) in [5, 5.41) is 0. The molecule has 1 saturated carbocycles. The van der Waals surface area contributed by atoms with Crippen molar-refractivity contribution in [2.24, 2.45) is 0 Å². The summed E-state index contributed by atoms with van der Waals surface area (Å²) >= 11 is 0. The van der Waals surface area contributed by atoms with Crippen LogP contribution in [-0.4, -0.2) is 13.2 Å². The number of methoxy groups -OCH3 is 1. The Balaban J connectivity index is 1.37. The third-order valence-corrected chi connectivity index (χ3v) is 6.60. The molecule has 1 aliphatic carbocycles. The molecule has 3 aromatic carbocycles. The van der Waals surface area contributed by atoms with Gasteiger partial charge in [0.15, 0.2) is 23.2 Å². The predicted octanol–water partition coefficient (Wildman–Crippen LogP) is 7.58. The fourth-order valence-corrected chi connectivity index (χ4v) is 4.58. The van der Waals surface area contributed by atoms with E-state index in [1.54, 1.807) is 24.3 Å². The van der Waals surface area contributed by atoms with E-state index < -0.39 is 17.5 Å². The lowest BCUT2D eigenvalue weighted by Gasteiger charge is -2.29. The first-order valence-corrected chi connectivity index (χ1v) is 11.5. The van der Waals surface area contributed by atoms with Crippen LogP contribution in [0.4, 0.5) is 13.2 Å². The summed E-state index contributed by atoms with van der Waals surface area (Å²) in [6.07, 6.45) is 3.88. The van der Waals surface area contributed by atoms with Crippen molar-refractivity contribution in [3.8, 4) is 16.9 Å². The van der Waals surface area contributed by atoms with Crippen molar-refractivity contribution in [2.75, 3.05) is 7.11 Å². The van der Waals surface area contributed by atoms with Gasteiger partial charge in [0.2, 0.25) is 0 Å². The van der Waals surface area contributed by atoms with E-state index in [2.05, 4.69) is 6.92 Å². The van der Waals surface area contributed by atoms with Crippen LogP contribution in [0.2, 0.25) is 0 Å². The highest BCUT2D eigenvalue weighted by Gasteiger charge is 2.27. The molecule has 1 fully saturated rings. The number of aryl methyl sites for hydroxylation is 1. The number of benzene rings is 3. The maximum atomic E-state index is 15.0. The molecule has 33 heavy (non-hydrogen) atoms. The van der Waals surface area contributed by atoms with E-state index >= 15 is 0 Å². The molecule has 0 spiro atoms. The second-order valence-corrected chi connectivity index (χ2v) is 8.63. The van der Waals surface area contributed by atoms with Crippen molar-refractivity contribution in [3.05, 3.63) is 88.7 Å². The quantitative estimate of drug-likeness (QED) is 0.366. The van der Waals surface area contributed by atoms with Crippen molar-refractivity contribution >= 4 is 0 Å². The molecule has 0 bridgehead atoms. The summed E-state index contributed by atoms with van der Waals surface area (Å²) in [5.41, 5.74) is 3.32. The molecule has 3 aromatic rings. The molecule has 0 heterocycles. The molecule has 5 heteroatoms. The van der Waals surface area contributed by atoms with Crippen molar-refractivity contribution < 1.29 is 22.6 Å². The average Bonchev–Trinajstić information content (AvgIpc) is 2.85. The average molecular weight is 455 g/mol. The van der Waals surface area contributed by atoms with Gasteiger partial charge in [0.05, 0.1) is 19.8 Å². The summed E-state index contributed by atoms with van der Waals surface area (Å²) in [6.45, 7) is 2.37. The molecule has 0 saturated heterocycles. The number of halogens is 3. The maximum Gasteiger partial charge on any atom is 0.166 e. The Kier molecular flexibility index (Phi) is 7.39. The zero-order valence-corrected chi connectivity index (χ0v) is 19.0. The Morgan fingerprint density at radius 1 is 0.818 bits per heavy atom. The summed E-state index contributed by atoms with van der Waals surface area (Å²) in [7, 11) is 1.43. The van der Waals surface area contributed by atoms with Crippen LogP contribution in [-0.2, 0) is 17.8 Å². The topological polar surface area (TPSA) is 18.5 Å². The van der Waals surface area contributed by atoms with Crippen LogP contribution in [0.25, 0.3) is 11.1 Å². The molecule has 0 radical (unpaired) electrons. The standard InChI is InChI=1S/C28H29F3O2/c1-3-18-4-7-20(8-5-18)23-13-14-24(28(31)27(23)30)21-9-11-22(12-10-21)33-17-19-6-15-26(32-2)25(29)16-19/h4-8,13-16,21-22H,3,9-12,17H2,1-2H3. The SMILES string of the molecule is CCc1ccc(-c2ccc(C3CCC(OCc4ccc(OC)c(F)c4)CC3)c(F)c2F)cc1. The lowest BCUT2D eigenvalue weighted by molar-refractivity contribution is 0.0130. The number of ether oxygens (including phenoxy) is 2. The predicted molar refractivity (Wildman–Crippen MR) is 124 cm³/mol. The lowest BCUT2D eigenvalue weighted by atomic mass is 9.82. The zero-order chi connectivity index (χ0) is 23.4. The lowest BCUT2D eigenvalue weighted by Crippen LogP contribution is -2.21. The molecule has 0 amide bonds. The minimum atomic E-state index is -0.781. The summed E-state index contributed by atoms with van der Waals surface area (Å²) in [4.78, 5) is 0. The van der Waals surface area contributed by atoms with Crippen molar-refractivity contribution in [3.63, 3.8) is 0 Å². The van der Waals surface area contributed by atoms with Crippen LogP contribution in [0, 0.1) is 17.5 Å². The van der Waals surface area contributed by atoms with Gasteiger partial charge in [0, 0.05) is 5.56 Å². The molecule has 0 aromatic heterocycles. The van der Waals surface area contributed by atoms with Crippen LogP contribution < -0.4 is 4.74 Å². The van der Waals surface area contributed by atoms with Crippen LogP contribution in [0.3, 0.4) is 0 Å². The van der Waals surface area contributed by atoms with Gasteiger partial charge in [-0.2, -0.15) is 0 Å². The minimum absolute atomic E-state index is 0.0238. The fourth-order valence-electron chi connectivity index (χ4n) is 4.58.